The van der Waals surface area contributed by atoms with Crippen LogP contribution < -0.4 is 10.6 Å². The first-order chi connectivity index (χ1) is 16.6. The third-order valence-electron chi connectivity index (χ3n) is 6.78. The number of thiazole rings is 1. The minimum atomic E-state index is -3.16. The molecule has 3 heterocycles. The maximum Gasteiger partial charge on any atom is 0.247 e. The largest absolute Gasteiger partial charge is 0.316 e. The number of hydrogen-bond acceptors (Lipinski definition) is 8. The van der Waals surface area contributed by atoms with Crippen LogP contribution in [0, 0.1) is 0 Å². The van der Waals surface area contributed by atoms with Gasteiger partial charge in [-0.3, -0.25) is 14.6 Å². The van der Waals surface area contributed by atoms with Gasteiger partial charge in [0.1, 0.15) is 6.04 Å². The van der Waals surface area contributed by atoms with Crippen LogP contribution in [0.2, 0.25) is 0 Å². The molecule has 2 aliphatic rings. The molecule has 0 spiro atoms. The van der Waals surface area contributed by atoms with E-state index < -0.39 is 16.1 Å². The van der Waals surface area contributed by atoms with Crippen molar-refractivity contribution in [3.8, 4) is 11.3 Å². The van der Waals surface area contributed by atoms with E-state index in [1.165, 1.54) is 21.9 Å². The minimum Gasteiger partial charge on any atom is -0.316 e. The number of nitrogens with one attached hydrogen (secondary N) is 2. The second kappa shape index (κ2) is 10.5. The van der Waals surface area contributed by atoms with E-state index in [9.17, 15) is 13.2 Å². The first kappa shape index (κ1) is 25.9. The van der Waals surface area contributed by atoms with Crippen LogP contribution in [0.1, 0.15) is 12.5 Å². The van der Waals surface area contributed by atoms with Gasteiger partial charge in [0.05, 0.1) is 11.9 Å². The molecule has 0 radical (unpaired) electrons. The number of aromatic nitrogens is 1. The van der Waals surface area contributed by atoms with Gasteiger partial charge in [-0.15, -0.1) is 11.3 Å². The van der Waals surface area contributed by atoms with Crippen LogP contribution in [0.25, 0.3) is 11.3 Å². The van der Waals surface area contributed by atoms with Gasteiger partial charge in [-0.05, 0) is 26.6 Å². The summed E-state index contributed by atoms with van der Waals surface area (Å²) in [6.45, 7) is 5.85. The fourth-order valence-electron chi connectivity index (χ4n) is 4.87. The lowest BCUT2D eigenvalue weighted by atomic mass is 9.92. The van der Waals surface area contributed by atoms with E-state index in [-0.39, 0.29) is 11.4 Å². The monoisotopic (exact) mass is 518 g/mol. The molecule has 4 rings (SSSR count). The third-order valence-corrected chi connectivity index (χ3v) is 8.84. The highest BCUT2D eigenvalue weighted by Crippen LogP contribution is 2.29. The van der Waals surface area contributed by atoms with Crippen LogP contribution in [0.15, 0.2) is 41.8 Å². The van der Waals surface area contributed by atoms with Crippen molar-refractivity contribution in [2.45, 2.75) is 25.0 Å². The van der Waals surface area contributed by atoms with Crippen molar-refractivity contribution in [1.82, 2.24) is 24.4 Å². The van der Waals surface area contributed by atoms with Crippen LogP contribution in [-0.4, -0.2) is 98.1 Å². The Morgan fingerprint density at radius 3 is 2.60 bits per heavy atom. The first-order valence-electron chi connectivity index (χ1n) is 11.7. The maximum atomic E-state index is 13.1. The van der Waals surface area contributed by atoms with E-state index in [4.69, 9.17) is 0 Å². The van der Waals surface area contributed by atoms with Crippen LogP contribution >= 0.6 is 11.3 Å². The lowest BCUT2D eigenvalue weighted by molar-refractivity contribution is -0.120. The third kappa shape index (κ3) is 5.82. The highest BCUT2D eigenvalue weighted by molar-refractivity contribution is 7.88. The molecule has 0 bridgehead atoms. The molecule has 2 aromatic rings. The SMILES string of the molecule is CNCc1ccccc1-c1csc(NC(=O)C2C=CC(C)(N3CCN(S(C)(=O)=O)CC3)CN2C)n1. The molecule has 1 amide bonds. The molecule has 11 heteroatoms. The molecular formula is C24H34N6O3S2. The van der Waals surface area contributed by atoms with Gasteiger partial charge in [-0.25, -0.2) is 13.4 Å². The van der Waals surface area contributed by atoms with Crippen molar-refractivity contribution in [2.75, 3.05) is 58.4 Å². The van der Waals surface area contributed by atoms with Crippen molar-refractivity contribution in [3.05, 3.63) is 47.4 Å². The Labute approximate surface area is 211 Å². The lowest BCUT2D eigenvalue weighted by Crippen LogP contribution is -2.62. The highest BCUT2D eigenvalue weighted by atomic mass is 32.2. The second-order valence-corrected chi connectivity index (χ2v) is 12.3. The number of benzene rings is 1. The van der Waals surface area contributed by atoms with E-state index >= 15 is 0 Å². The van der Waals surface area contributed by atoms with Gasteiger partial charge < -0.3 is 10.6 Å². The van der Waals surface area contributed by atoms with Gasteiger partial charge in [-0.1, -0.05) is 36.4 Å². The van der Waals surface area contributed by atoms with Gasteiger partial charge >= 0.3 is 0 Å². The molecule has 190 valence electrons. The molecule has 1 aromatic heterocycles. The second-order valence-electron chi connectivity index (χ2n) is 9.44. The van der Waals surface area contributed by atoms with E-state index in [1.807, 2.05) is 48.7 Å². The van der Waals surface area contributed by atoms with Gasteiger partial charge in [0.15, 0.2) is 5.13 Å². The molecule has 2 unspecified atom stereocenters. The number of hydrogen-bond donors (Lipinski definition) is 2. The van der Waals surface area contributed by atoms with Gasteiger partial charge in [-0.2, -0.15) is 4.31 Å². The van der Waals surface area contributed by atoms with Crippen molar-refractivity contribution in [3.63, 3.8) is 0 Å². The lowest BCUT2D eigenvalue weighted by Gasteiger charge is -2.48. The first-order valence-corrected chi connectivity index (χ1v) is 14.4. The summed E-state index contributed by atoms with van der Waals surface area (Å²) in [5, 5.41) is 8.72. The van der Waals surface area contributed by atoms with Gasteiger partial charge in [0.25, 0.3) is 0 Å². The highest BCUT2D eigenvalue weighted by Gasteiger charge is 2.39. The topological polar surface area (TPSA) is 97.9 Å². The van der Waals surface area contributed by atoms with Crippen molar-refractivity contribution >= 4 is 32.4 Å². The fraction of sp³-hybridized carbons (Fsp3) is 0.500. The summed E-state index contributed by atoms with van der Waals surface area (Å²) in [5.74, 6) is -0.114. The quantitative estimate of drug-likeness (QED) is 0.538. The zero-order chi connectivity index (χ0) is 25.2. The predicted octanol–water partition coefficient (Wildman–Crippen LogP) is 1.67. The Balaban J connectivity index is 1.41. The Bertz CT molecular complexity index is 1190. The zero-order valence-corrected chi connectivity index (χ0v) is 22.3. The molecule has 0 aliphatic carbocycles. The smallest absolute Gasteiger partial charge is 0.247 e. The number of piperazine rings is 1. The molecule has 35 heavy (non-hydrogen) atoms. The Morgan fingerprint density at radius 2 is 1.94 bits per heavy atom. The number of carbonyl (C=O) groups excluding carboxylic acids is 1. The normalized spacial score (nSPS) is 24.5. The fourth-order valence-corrected chi connectivity index (χ4v) is 6.41. The van der Waals surface area contributed by atoms with Crippen LogP contribution in [0.5, 0.6) is 0 Å². The summed E-state index contributed by atoms with van der Waals surface area (Å²) in [6.07, 6.45) is 5.29. The molecule has 1 fully saturated rings. The maximum absolute atomic E-state index is 13.1. The number of amides is 1. The molecule has 2 aliphatic heterocycles. The van der Waals surface area contributed by atoms with Crippen molar-refractivity contribution < 1.29 is 13.2 Å². The molecule has 9 nitrogen and oxygen atoms in total. The van der Waals surface area contributed by atoms with Gasteiger partial charge in [0, 0.05) is 55.8 Å². The number of sulfonamides is 1. The number of nitrogens with zero attached hydrogens (tertiary/aromatic N) is 4. The molecule has 1 saturated heterocycles. The van der Waals surface area contributed by atoms with E-state index in [2.05, 4.69) is 39.6 Å². The summed E-state index contributed by atoms with van der Waals surface area (Å²) in [6, 6.07) is 7.72. The summed E-state index contributed by atoms with van der Waals surface area (Å²) in [5.41, 5.74) is 2.80. The number of carbonyl (C=O) groups is 1. The number of likely N-dealkylation sites (N-methyl/N-ethyl adjacent to an activating group) is 1. The summed E-state index contributed by atoms with van der Waals surface area (Å²) in [4.78, 5) is 22.1. The summed E-state index contributed by atoms with van der Waals surface area (Å²) < 4.78 is 25.2. The minimum absolute atomic E-state index is 0.114. The number of rotatable bonds is 7. The molecule has 1 aromatic carbocycles. The standard InChI is InChI=1S/C24H34N6O3S2/c1-24(29-11-13-30(14-12-29)35(4,32)33)10-9-21(28(3)17-24)22(31)27-23-26-20(16-34-23)19-8-6-5-7-18(19)15-25-2/h5-10,16,21,25H,11-15,17H2,1-4H3,(H,26,27,31). The summed E-state index contributed by atoms with van der Waals surface area (Å²) >= 11 is 1.42. The van der Waals surface area contributed by atoms with Crippen LogP contribution in [0.3, 0.4) is 0 Å². The van der Waals surface area contributed by atoms with Gasteiger partial charge in [0.2, 0.25) is 15.9 Å². The average Bonchev–Trinajstić information content (AvgIpc) is 3.27. The number of anilines is 1. The molecular weight excluding hydrogens is 484 g/mol. The average molecular weight is 519 g/mol. The van der Waals surface area contributed by atoms with Crippen molar-refractivity contribution in [1.29, 1.82) is 0 Å². The molecule has 2 atom stereocenters. The summed E-state index contributed by atoms with van der Waals surface area (Å²) in [7, 11) is 0.695. The van der Waals surface area contributed by atoms with Crippen LogP contribution in [-0.2, 0) is 21.4 Å². The molecule has 0 saturated carbocycles. The zero-order valence-electron chi connectivity index (χ0n) is 20.7. The molecule has 2 N–H and O–H groups in total. The van der Waals surface area contributed by atoms with E-state index in [1.54, 1.807) is 0 Å². The van der Waals surface area contributed by atoms with Crippen molar-refractivity contribution in [2.24, 2.45) is 0 Å². The predicted molar refractivity (Wildman–Crippen MR) is 141 cm³/mol. The Hall–Kier alpha value is -2.15. The Morgan fingerprint density at radius 1 is 1.23 bits per heavy atom. The van der Waals surface area contributed by atoms with Crippen LogP contribution in [0.4, 0.5) is 5.13 Å². The van der Waals surface area contributed by atoms with E-state index in [0.717, 1.165) is 23.4 Å². The Kier molecular flexibility index (Phi) is 7.74. The van der Waals surface area contributed by atoms with E-state index in [0.29, 0.717) is 37.9 Å².